The molecule has 1 atom stereocenters. The molecule has 2 nitrogen and oxygen atoms in total. The smallest absolute Gasteiger partial charge is 0.123 e. The Morgan fingerprint density at radius 2 is 2.19 bits per heavy atom. The Bertz CT molecular complexity index is 328. The topological polar surface area (TPSA) is 32.3 Å². The Hall–Kier alpha value is -0.930. The van der Waals surface area contributed by atoms with Gasteiger partial charge in [0.05, 0.1) is 0 Å². The lowest BCUT2D eigenvalue weighted by molar-refractivity contribution is 0.276. The van der Waals surface area contributed by atoms with Gasteiger partial charge in [-0.2, -0.15) is 0 Å². The molecule has 1 unspecified atom stereocenters. The quantitative estimate of drug-likeness (QED) is 0.779. The Morgan fingerprint density at radius 1 is 1.44 bits per heavy atom. The molecule has 0 amide bonds. The van der Waals surface area contributed by atoms with Crippen molar-refractivity contribution in [2.24, 2.45) is 0 Å². The largest absolute Gasteiger partial charge is 0.396 e. The molecule has 0 heterocycles. The first-order chi connectivity index (χ1) is 7.63. The highest BCUT2D eigenvalue weighted by atomic mass is 19.1. The summed E-state index contributed by atoms with van der Waals surface area (Å²) in [5, 5.41) is 12.1. The lowest BCUT2D eigenvalue weighted by Crippen LogP contribution is -2.26. The molecule has 0 radical (unpaired) electrons. The first kappa shape index (κ1) is 13.1. The number of aliphatic hydroxyl groups excluding tert-OH is 1. The molecule has 1 aromatic carbocycles. The minimum atomic E-state index is -0.186. The van der Waals surface area contributed by atoms with Crippen molar-refractivity contribution in [3.8, 4) is 0 Å². The average Bonchev–Trinajstić information content (AvgIpc) is 2.25. The van der Waals surface area contributed by atoms with Gasteiger partial charge >= 0.3 is 0 Å². The number of aliphatic hydroxyl groups is 1. The van der Waals surface area contributed by atoms with E-state index in [1.54, 1.807) is 6.07 Å². The van der Waals surface area contributed by atoms with Crippen molar-refractivity contribution in [2.45, 2.75) is 39.3 Å². The number of hydrogen-bond acceptors (Lipinski definition) is 2. The van der Waals surface area contributed by atoms with Gasteiger partial charge in [-0.1, -0.05) is 6.07 Å². The van der Waals surface area contributed by atoms with Crippen LogP contribution in [0.2, 0.25) is 0 Å². The van der Waals surface area contributed by atoms with E-state index in [1.165, 1.54) is 6.07 Å². The zero-order valence-corrected chi connectivity index (χ0v) is 9.96. The van der Waals surface area contributed by atoms with Crippen LogP contribution in [0.15, 0.2) is 18.2 Å². The van der Waals surface area contributed by atoms with Gasteiger partial charge in [0.2, 0.25) is 0 Å². The van der Waals surface area contributed by atoms with Crippen LogP contribution in [-0.4, -0.2) is 17.8 Å². The molecule has 0 aliphatic carbocycles. The maximum absolute atomic E-state index is 12.9. The molecular weight excluding hydrogens is 205 g/mol. The van der Waals surface area contributed by atoms with Crippen LogP contribution in [0, 0.1) is 12.7 Å². The summed E-state index contributed by atoms with van der Waals surface area (Å²) in [6.45, 7) is 4.99. The van der Waals surface area contributed by atoms with Gasteiger partial charge < -0.3 is 10.4 Å². The van der Waals surface area contributed by atoms with E-state index in [2.05, 4.69) is 12.2 Å². The zero-order valence-electron chi connectivity index (χ0n) is 9.96. The summed E-state index contributed by atoms with van der Waals surface area (Å²) in [6, 6.07) is 5.23. The average molecular weight is 225 g/mol. The van der Waals surface area contributed by atoms with Gasteiger partial charge in [0.15, 0.2) is 0 Å². The Labute approximate surface area is 96.5 Å². The maximum Gasteiger partial charge on any atom is 0.123 e. The fourth-order valence-electron chi connectivity index (χ4n) is 1.64. The molecule has 0 spiro atoms. The van der Waals surface area contributed by atoms with Gasteiger partial charge in [-0.3, -0.25) is 0 Å². The van der Waals surface area contributed by atoms with Crippen molar-refractivity contribution in [1.82, 2.24) is 5.32 Å². The van der Waals surface area contributed by atoms with E-state index in [0.717, 1.165) is 30.5 Å². The second-order valence-corrected chi connectivity index (χ2v) is 4.22. The van der Waals surface area contributed by atoms with Gasteiger partial charge in [-0.25, -0.2) is 4.39 Å². The standard InChI is InChI=1S/C13H20FNO/c1-10-8-13(14)6-5-12(10)9-15-11(2)4-3-7-16/h5-6,8,11,15-16H,3-4,7,9H2,1-2H3. The molecule has 0 saturated heterocycles. The van der Waals surface area contributed by atoms with Crippen molar-refractivity contribution >= 4 is 0 Å². The summed E-state index contributed by atoms with van der Waals surface area (Å²) < 4.78 is 12.9. The second-order valence-electron chi connectivity index (χ2n) is 4.22. The van der Waals surface area contributed by atoms with Gasteiger partial charge in [0.25, 0.3) is 0 Å². The van der Waals surface area contributed by atoms with Crippen molar-refractivity contribution in [1.29, 1.82) is 0 Å². The van der Waals surface area contributed by atoms with Crippen molar-refractivity contribution < 1.29 is 9.50 Å². The number of benzene rings is 1. The lowest BCUT2D eigenvalue weighted by Gasteiger charge is -2.14. The van der Waals surface area contributed by atoms with Crippen molar-refractivity contribution in [2.75, 3.05) is 6.61 Å². The summed E-state index contributed by atoms with van der Waals surface area (Å²) in [4.78, 5) is 0. The molecule has 0 saturated carbocycles. The molecule has 16 heavy (non-hydrogen) atoms. The predicted molar refractivity (Wildman–Crippen MR) is 63.8 cm³/mol. The Morgan fingerprint density at radius 3 is 2.81 bits per heavy atom. The summed E-state index contributed by atoms with van der Waals surface area (Å²) in [7, 11) is 0. The van der Waals surface area contributed by atoms with E-state index in [1.807, 2.05) is 13.0 Å². The molecule has 0 fully saturated rings. The number of halogens is 1. The molecule has 1 aromatic rings. The molecule has 90 valence electrons. The van der Waals surface area contributed by atoms with Crippen LogP contribution in [0.5, 0.6) is 0 Å². The maximum atomic E-state index is 12.9. The second kappa shape index (κ2) is 6.61. The Balaban J connectivity index is 2.42. The van der Waals surface area contributed by atoms with E-state index < -0.39 is 0 Å². The SMILES string of the molecule is Cc1cc(F)ccc1CNC(C)CCCO. The zero-order chi connectivity index (χ0) is 12.0. The summed E-state index contributed by atoms with van der Waals surface area (Å²) in [6.07, 6.45) is 1.77. The molecule has 2 N–H and O–H groups in total. The van der Waals surface area contributed by atoms with Gasteiger partial charge in [0.1, 0.15) is 5.82 Å². The van der Waals surface area contributed by atoms with E-state index in [0.29, 0.717) is 6.04 Å². The van der Waals surface area contributed by atoms with Crippen LogP contribution in [0.3, 0.4) is 0 Å². The van der Waals surface area contributed by atoms with Gasteiger partial charge in [-0.05, 0) is 49.9 Å². The van der Waals surface area contributed by atoms with Crippen LogP contribution in [0.4, 0.5) is 4.39 Å². The van der Waals surface area contributed by atoms with E-state index in [-0.39, 0.29) is 12.4 Å². The highest BCUT2D eigenvalue weighted by Gasteiger charge is 2.03. The number of nitrogens with one attached hydrogen (secondary N) is 1. The molecule has 1 rings (SSSR count). The molecule has 0 bridgehead atoms. The van der Waals surface area contributed by atoms with E-state index >= 15 is 0 Å². The molecule has 3 heteroatoms. The minimum Gasteiger partial charge on any atom is -0.396 e. The van der Waals surface area contributed by atoms with E-state index in [9.17, 15) is 4.39 Å². The van der Waals surface area contributed by atoms with Crippen molar-refractivity contribution in [3.63, 3.8) is 0 Å². The fraction of sp³-hybridized carbons (Fsp3) is 0.538. The minimum absolute atomic E-state index is 0.186. The molecular formula is C13H20FNO. The normalized spacial score (nSPS) is 12.8. The van der Waals surface area contributed by atoms with Crippen LogP contribution in [0.1, 0.15) is 30.9 Å². The number of rotatable bonds is 6. The summed E-state index contributed by atoms with van der Waals surface area (Å²) in [5.41, 5.74) is 2.10. The molecule has 0 aromatic heterocycles. The van der Waals surface area contributed by atoms with E-state index in [4.69, 9.17) is 5.11 Å². The highest BCUT2D eigenvalue weighted by molar-refractivity contribution is 5.26. The highest BCUT2D eigenvalue weighted by Crippen LogP contribution is 2.10. The first-order valence-corrected chi connectivity index (χ1v) is 5.72. The number of hydrogen-bond donors (Lipinski definition) is 2. The Kier molecular flexibility index (Phi) is 5.43. The number of aryl methyl sites for hydroxylation is 1. The summed E-state index contributed by atoms with van der Waals surface area (Å²) in [5.74, 6) is -0.186. The predicted octanol–water partition coefficient (Wildman–Crippen LogP) is 2.38. The van der Waals surface area contributed by atoms with Crippen LogP contribution in [-0.2, 0) is 6.54 Å². The van der Waals surface area contributed by atoms with Gasteiger partial charge in [-0.15, -0.1) is 0 Å². The molecule has 0 aliphatic heterocycles. The third-order valence-electron chi connectivity index (χ3n) is 2.74. The van der Waals surface area contributed by atoms with Crippen LogP contribution >= 0.6 is 0 Å². The van der Waals surface area contributed by atoms with Crippen LogP contribution in [0.25, 0.3) is 0 Å². The third-order valence-corrected chi connectivity index (χ3v) is 2.74. The summed E-state index contributed by atoms with van der Waals surface area (Å²) >= 11 is 0. The third kappa shape index (κ3) is 4.29. The fourth-order valence-corrected chi connectivity index (χ4v) is 1.64. The van der Waals surface area contributed by atoms with Crippen LogP contribution < -0.4 is 5.32 Å². The van der Waals surface area contributed by atoms with Crippen molar-refractivity contribution in [3.05, 3.63) is 35.1 Å². The monoisotopic (exact) mass is 225 g/mol. The van der Waals surface area contributed by atoms with Gasteiger partial charge in [0, 0.05) is 19.2 Å². The lowest BCUT2D eigenvalue weighted by atomic mass is 10.1. The molecule has 0 aliphatic rings. The first-order valence-electron chi connectivity index (χ1n) is 5.72.